The van der Waals surface area contributed by atoms with E-state index in [2.05, 4.69) is 4.98 Å². The summed E-state index contributed by atoms with van der Waals surface area (Å²) in [6.45, 7) is 1.93. The highest BCUT2D eigenvalue weighted by molar-refractivity contribution is 7.93. The minimum Gasteiger partial charge on any atom is -0.254 e. The molecule has 0 N–H and O–H groups in total. The smallest absolute Gasteiger partial charge is 0.254 e. The van der Waals surface area contributed by atoms with Crippen LogP contribution < -0.4 is 4.31 Å². The third-order valence-corrected chi connectivity index (χ3v) is 6.14. The average Bonchev–Trinajstić information content (AvgIpc) is 2.69. The maximum Gasteiger partial charge on any atom is 0.268 e. The quantitative estimate of drug-likeness (QED) is 0.501. The number of pyridine rings is 1. The number of aryl methyl sites for hydroxylation is 1. The predicted octanol–water partition coefficient (Wildman–Crippen LogP) is 5.07. The lowest BCUT2D eigenvalue weighted by Crippen LogP contribution is -2.26. The van der Waals surface area contributed by atoms with E-state index in [0.29, 0.717) is 16.9 Å². The van der Waals surface area contributed by atoms with Crippen LogP contribution >= 0.6 is 0 Å². The van der Waals surface area contributed by atoms with E-state index in [0.717, 1.165) is 10.9 Å². The van der Waals surface area contributed by atoms with Crippen LogP contribution in [0.1, 0.15) is 5.56 Å². The summed E-state index contributed by atoms with van der Waals surface area (Å²) in [5.41, 5.74) is 2.74. The number of anilines is 2. The summed E-state index contributed by atoms with van der Waals surface area (Å²) in [5, 5.41) is 0.884. The molecule has 0 aliphatic carbocycles. The molecule has 1 heterocycles. The van der Waals surface area contributed by atoms with Gasteiger partial charge in [0.25, 0.3) is 10.0 Å². The molecule has 1 aromatic heterocycles. The van der Waals surface area contributed by atoms with Crippen LogP contribution in [0.15, 0.2) is 96.0 Å². The molecule has 0 saturated heterocycles. The highest BCUT2D eigenvalue weighted by Gasteiger charge is 2.28. The van der Waals surface area contributed by atoms with Crippen LogP contribution in [0.25, 0.3) is 10.9 Å². The molecule has 0 atom stereocenters. The van der Waals surface area contributed by atoms with Gasteiger partial charge >= 0.3 is 0 Å². The van der Waals surface area contributed by atoms with Crippen molar-refractivity contribution in [3.63, 3.8) is 0 Å². The van der Waals surface area contributed by atoms with E-state index in [1.54, 1.807) is 48.7 Å². The molecule has 134 valence electrons. The molecule has 0 aliphatic rings. The number of hydrogen-bond donors (Lipinski definition) is 0. The Morgan fingerprint density at radius 3 is 2.22 bits per heavy atom. The van der Waals surface area contributed by atoms with Crippen LogP contribution in [0.2, 0.25) is 0 Å². The van der Waals surface area contributed by atoms with Gasteiger partial charge in [0.1, 0.15) is 0 Å². The number of para-hydroxylation sites is 2. The Morgan fingerprint density at radius 1 is 0.778 bits per heavy atom. The SMILES string of the molecule is Cc1ccc(S(=O)(=O)N(c2ccccc2)c2cccc3cccnc23)cc1. The first-order valence-corrected chi connectivity index (χ1v) is 10.0. The summed E-state index contributed by atoms with van der Waals surface area (Å²) in [4.78, 5) is 4.68. The van der Waals surface area contributed by atoms with Gasteiger partial charge in [-0.15, -0.1) is 0 Å². The molecule has 0 unspecified atom stereocenters. The van der Waals surface area contributed by atoms with E-state index >= 15 is 0 Å². The first-order valence-electron chi connectivity index (χ1n) is 8.58. The normalized spacial score (nSPS) is 11.4. The van der Waals surface area contributed by atoms with Crippen LogP contribution in [0.5, 0.6) is 0 Å². The lowest BCUT2D eigenvalue weighted by Gasteiger charge is -2.25. The molecule has 3 aromatic carbocycles. The molecule has 0 amide bonds. The Morgan fingerprint density at radius 2 is 1.48 bits per heavy atom. The van der Waals surface area contributed by atoms with Crippen LogP contribution in [-0.4, -0.2) is 13.4 Å². The fourth-order valence-corrected chi connectivity index (χ4v) is 4.53. The van der Waals surface area contributed by atoms with Gasteiger partial charge in [-0.1, -0.05) is 54.1 Å². The predicted molar refractivity (Wildman–Crippen MR) is 109 cm³/mol. The highest BCUT2D eigenvalue weighted by Crippen LogP contribution is 2.36. The molecule has 0 aliphatic heterocycles. The number of sulfonamides is 1. The maximum atomic E-state index is 13.6. The summed E-state index contributed by atoms with van der Waals surface area (Å²) in [7, 11) is -3.82. The van der Waals surface area contributed by atoms with Gasteiger partial charge in [0.15, 0.2) is 0 Å². The average molecular weight is 374 g/mol. The summed E-state index contributed by atoms with van der Waals surface area (Å²) in [6, 6.07) is 25.3. The van der Waals surface area contributed by atoms with Crippen molar-refractivity contribution in [2.45, 2.75) is 11.8 Å². The van der Waals surface area contributed by atoms with Gasteiger partial charge in [0.05, 0.1) is 21.8 Å². The van der Waals surface area contributed by atoms with Crippen LogP contribution in [0, 0.1) is 6.92 Å². The maximum absolute atomic E-state index is 13.6. The second-order valence-electron chi connectivity index (χ2n) is 6.27. The molecule has 0 fully saturated rings. The van der Waals surface area contributed by atoms with Crippen molar-refractivity contribution < 1.29 is 8.42 Å². The zero-order valence-corrected chi connectivity index (χ0v) is 15.6. The Balaban J connectivity index is 2.00. The van der Waals surface area contributed by atoms with Gasteiger partial charge in [0.2, 0.25) is 0 Å². The van der Waals surface area contributed by atoms with Crippen molar-refractivity contribution in [2.75, 3.05) is 4.31 Å². The third-order valence-electron chi connectivity index (χ3n) is 4.38. The standard InChI is InChI=1S/C22H18N2O2S/c1-17-12-14-20(15-13-17)27(25,26)24(19-9-3-2-4-10-19)21-11-5-7-18-8-6-16-23-22(18)21/h2-16H,1H3. The summed E-state index contributed by atoms with van der Waals surface area (Å²) in [5.74, 6) is 0. The van der Waals surface area contributed by atoms with E-state index in [1.165, 1.54) is 4.31 Å². The van der Waals surface area contributed by atoms with Crippen molar-refractivity contribution in [2.24, 2.45) is 0 Å². The van der Waals surface area contributed by atoms with E-state index < -0.39 is 10.0 Å². The molecule has 0 spiro atoms. The van der Waals surface area contributed by atoms with E-state index in [1.807, 2.05) is 49.4 Å². The monoisotopic (exact) mass is 374 g/mol. The Bertz CT molecular complexity index is 1180. The van der Waals surface area contributed by atoms with Gasteiger partial charge in [-0.25, -0.2) is 12.7 Å². The molecule has 4 rings (SSSR count). The number of fused-ring (bicyclic) bond motifs is 1. The summed E-state index contributed by atoms with van der Waals surface area (Å²) in [6.07, 6.45) is 1.67. The molecule has 0 bridgehead atoms. The van der Waals surface area contributed by atoms with Crippen molar-refractivity contribution in [1.82, 2.24) is 4.98 Å². The van der Waals surface area contributed by atoms with E-state index in [9.17, 15) is 8.42 Å². The molecule has 4 nitrogen and oxygen atoms in total. The minimum absolute atomic E-state index is 0.241. The van der Waals surface area contributed by atoms with Gasteiger partial charge in [-0.3, -0.25) is 4.98 Å². The molecule has 27 heavy (non-hydrogen) atoms. The number of nitrogens with zero attached hydrogens (tertiary/aromatic N) is 2. The first kappa shape index (κ1) is 17.2. The molecule has 5 heteroatoms. The van der Waals surface area contributed by atoms with Gasteiger partial charge in [-0.05, 0) is 43.3 Å². The molecule has 0 radical (unpaired) electrons. The van der Waals surface area contributed by atoms with Gasteiger partial charge in [0, 0.05) is 11.6 Å². The fraction of sp³-hybridized carbons (Fsp3) is 0.0455. The van der Waals surface area contributed by atoms with Gasteiger partial charge < -0.3 is 0 Å². The van der Waals surface area contributed by atoms with Crippen molar-refractivity contribution in [3.8, 4) is 0 Å². The molecular formula is C22H18N2O2S. The topological polar surface area (TPSA) is 50.3 Å². The van der Waals surface area contributed by atoms with Crippen LogP contribution in [0.3, 0.4) is 0 Å². The lowest BCUT2D eigenvalue weighted by molar-refractivity contribution is 0.596. The van der Waals surface area contributed by atoms with Crippen molar-refractivity contribution in [3.05, 3.63) is 96.7 Å². The molecule has 0 saturated carbocycles. The second kappa shape index (κ2) is 6.85. The van der Waals surface area contributed by atoms with Crippen molar-refractivity contribution >= 4 is 32.3 Å². The Hall–Kier alpha value is -3.18. The Labute approximate surface area is 158 Å². The van der Waals surface area contributed by atoms with E-state index in [-0.39, 0.29) is 4.90 Å². The fourth-order valence-electron chi connectivity index (χ4n) is 3.04. The Kier molecular flexibility index (Phi) is 4.38. The van der Waals surface area contributed by atoms with Gasteiger partial charge in [-0.2, -0.15) is 0 Å². The number of aromatic nitrogens is 1. The van der Waals surface area contributed by atoms with Crippen molar-refractivity contribution in [1.29, 1.82) is 0 Å². The molecule has 4 aromatic rings. The second-order valence-corrected chi connectivity index (χ2v) is 8.06. The molecular weight excluding hydrogens is 356 g/mol. The third kappa shape index (κ3) is 3.17. The zero-order chi connectivity index (χ0) is 18.9. The number of hydrogen-bond acceptors (Lipinski definition) is 3. The van der Waals surface area contributed by atoms with Crippen LogP contribution in [-0.2, 0) is 10.0 Å². The zero-order valence-electron chi connectivity index (χ0n) is 14.8. The van der Waals surface area contributed by atoms with E-state index in [4.69, 9.17) is 0 Å². The number of rotatable bonds is 4. The number of benzene rings is 3. The summed E-state index contributed by atoms with van der Waals surface area (Å²) >= 11 is 0. The minimum atomic E-state index is -3.82. The van der Waals surface area contributed by atoms with Crippen LogP contribution in [0.4, 0.5) is 11.4 Å². The first-order chi connectivity index (χ1) is 13.1. The lowest BCUT2D eigenvalue weighted by atomic mass is 10.2. The summed E-state index contributed by atoms with van der Waals surface area (Å²) < 4.78 is 28.5. The highest BCUT2D eigenvalue weighted by atomic mass is 32.2. The largest absolute Gasteiger partial charge is 0.268 e.